The highest BCUT2D eigenvalue weighted by atomic mass is 19.4. The average Bonchev–Trinajstić information content (AvgIpc) is 3.00. The van der Waals surface area contributed by atoms with Crippen LogP contribution in [0.25, 0.3) is 0 Å². The van der Waals surface area contributed by atoms with Gasteiger partial charge in [0.05, 0.1) is 18.2 Å². The van der Waals surface area contributed by atoms with Crippen molar-refractivity contribution in [2.24, 2.45) is 0 Å². The number of nitrogens with zero attached hydrogens (tertiary/aromatic N) is 1. The third-order valence-corrected chi connectivity index (χ3v) is 4.22. The van der Waals surface area contributed by atoms with Crippen LogP contribution in [0.5, 0.6) is 0 Å². The number of carbonyl (C=O) groups excluding carboxylic acids is 1. The molecule has 4 nitrogen and oxygen atoms in total. The monoisotopic (exact) mass is 330 g/mol. The quantitative estimate of drug-likeness (QED) is 0.892. The zero-order chi connectivity index (χ0) is 17.0. The molecule has 1 aliphatic rings. The molecule has 2 atom stereocenters. The number of amides is 2. The molecule has 0 saturated carbocycles. The maximum atomic E-state index is 12.5. The Hall–Kier alpha value is -1.76. The largest absolute Gasteiger partial charge is 0.416 e. The molecular formula is C16H21F3N2O2. The number of carbonyl (C=O) groups is 1. The van der Waals surface area contributed by atoms with Crippen molar-refractivity contribution in [1.29, 1.82) is 0 Å². The second-order valence-electron chi connectivity index (χ2n) is 5.88. The molecule has 0 radical (unpaired) electrons. The number of hydrogen-bond acceptors (Lipinski definition) is 2. The average molecular weight is 330 g/mol. The number of urea groups is 1. The molecule has 1 aromatic carbocycles. The Morgan fingerprint density at radius 3 is 2.61 bits per heavy atom. The van der Waals surface area contributed by atoms with E-state index < -0.39 is 11.7 Å². The first kappa shape index (κ1) is 17.6. The number of hydrogen-bond donors (Lipinski definition) is 2. The molecule has 1 fully saturated rings. The number of rotatable bonds is 4. The van der Waals surface area contributed by atoms with Gasteiger partial charge in [-0.3, -0.25) is 0 Å². The van der Waals surface area contributed by atoms with Crippen molar-refractivity contribution in [3.05, 3.63) is 35.4 Å². The fraction of sp³-hybridized carbons (Fsp3) is 0.562. The van der Waals surface area contributed by atoms with Crippen LogP contribution in [0.4, 0.5) is 18.0 Å². The van der Waals surface area contributed by atoms with Crippen molar-refractivity contribution < 1.29 is 23.1 Å². The lowest BCUT2D eigenvalue weighted by Gasteiger charge is -2.24. The summed E-state index contributed by atoms with van der Waals surface area (Å²) in [7, 11) is 0. The van der Waals surface area contributed by atoms with Crippen molar-refractivity contribution in [2.75, 3.05) is 19.7 Å². The van der Waals surface area contributed by atoms with Gasteiger partial charge in [-0.15, -0.1) is 0 Å². The second kappa shape index (κ2) is 7.21. The van der Waals surface area contributed by atoms with Crippen LogP contribution in [0, 0.1) is 0 Å². The van der Waals surface area contributed by atoms with Crippen LogP contribution in [0.3, 0.4) is 0 Å². The van der Waals surface area contributed by atoms with E-state index in [4.69, 9.17) is 0 Å². The maximum Gasteiger partial charge on any atom is 0.416 e. The van der Waals surface area contributed by atoms with E-state index in [0.29, 0.717) is 13.1 Å². The molecule has 1 aliphatic heterocycles. The molecule has 1 saturated heterocycles. The van der Waals surface area contributed by atoms with Gasteiger partial charge in [-0.05, 0) is 36.5 Å². The molecule has 0 unspecified atom stereocenters. The summed E-state index contributed by atoms with van der Waals surface area (Å²) < 4.78 is 37.6. The van der Waals surface area contributed by atoms with Crippen molar-refractivity contribution in [2.45, 2.75) is 37.9 Å². The molecule has 2 rings (SSSR count). The standard InChI is InChI=1S/C16H21F3N2O2/c1-11(12-4-6-13(7-5-12)16(17,18)19)9-20-15(23)21-8-2-3-14(21)10-22/h4-7,11,14,22H,2-3,8-10H2,1H3,(H,20,23)/t11-,14-/m1/s1. The third-order valence-electron chi connectivity index (χ3n) is 4.22. The Morgan fingerprint density at radius 1 is 1.39 bits per heavy atom. The van der Waals surface area contributed by atoms with E-state index in [1.165, 1.54) is 12.1 Å². The first-order valence-corrected chi connectivity index (χ1v) is 7.65. The van der Waals surface area contributed by atoms with Gasteiger partial charge in [-0.25, -0.2) is 4.79 Å². The lowest BCUT2D eigenvalue weighted by Crippen LogP contribution is -2.45. The van der Waals surface area contributed by atoms with Crippen LogP contribution in [0.2, 0.25) is 0 Å². The van der Waals surface area contributed by atoms with Gasteiger partial charge < -0.3 is 15.3 Å². The van der Waals surface area contributed by atoms with Crippen LogP contribution in [0.15, 0.2) is 24.3 Å². The van der Waals surface area contributed by atoms with E-state index in [9.17, 15) is 23.1 Å². The Morgan fingerprint density at radius 2 is 2.04 bits per heavy atom. The molecule has 23 heavy (non-hydrogen) atoms. The highest BCUT2D eigenvalue weighted by molar-refractivity contribution is 5.75. The smallest absolute Gasteiger partial charge is 0.394 e. The minimum Gasteiger partial charge on any atom is -0.394 e. The number of halogens is 3. The normalized spacial score (nSPS) is 19.7. The van der Waals surface area contributed by atoms with Crippen molar-refractivity contribution in [3.8, 4) is 0 Å². The summed E-state index contributed by atoms with van der Waals surface area (Å²) >= 11 is 0. The van der Waals surface area contributed by atoms with Gasteiger partial charge in [-0.2, -0.15) is 13.2 Å². The van der Waals surface area contributed by atoms with Crippen LogP contribution < -0.4 is 5.32 Å². The maximum absolute atomic E-state index is 12.5. The minimum absolute atomic E-state index is 0.0537. The van der Waals surface area contributed by atoms with Crippen LogP contribution in [0.1, 0.15) is 36.8 Å². The van der Waals surface area contributed by atoms with Gasteiger partial charge >= 0.3 is 12.2 Å². The molecule has 0 aromatic heterocycles. The Kier molecular flexibility index (Phi) is 5.51. The number of alkyl halides is 3. The minimum atomic E-state index is -4.34. The molecule has 0 bridgehead atoms. The summed E-state index contributed by atoms with van der Waals surface area (Å²) in [6.45, 7) is 2.74. The lowest BCUT2D eigenvalue weighted by molar-refractivity contribution is -0.137. The summed E-state index contributed by atoms with van der Waals surface area (Å²) in [6, 6.07) is 4.60. The topological polar surface area (TPSA) is 52.6 Å². The third kappa shape index (κ3) is 4.37. The number of aliphatic hydroxyl groups is 1. The second-order valence-corrected chi connectivity index (χ2v) is 5.88. The SMILES string of the molecule is C[C@H](CNC(=O)N1CCC[C@@H]1CO)c1ccc(C(F)(F)F)cc1. The van der Waals surface area contributed by atoms with Crippen molar-refractivity contribution >= 4 is 6.03 Å². The Balaban J connectivity index is 1.89. The number of nitrogens with one attached hydrogen (secondary N) is 1. The van der Waals surface area contributed by atoms with E-state index in [1.807, 2.05) is 6.92 Å². The van der Waals surface area contributed by atoms with Gasteiger partial charge in [0.2, 0.25) is 0 Å². The summed E-state index contributed by atoms with van der Waals surface area (Å²) in [4.78, 5) is 13.7. The zero-order valence-corrected chi connectivity index (χ0v) is 12.9. The van der Waals surface area contributed by atoms with Gasteiger partial charge in [0.25, 0.3) is 0 Å². The first-order valence-electron chi connectivity index (χ1n) is 7.65. The summed E-state index contributed by atoms with van der Waals surface area (Å²) in [6.07, 6.45) is -2.68. The van der Waals surface area contributed by atoms with Gasteiger partial charge in [0.15, 0.2) is 0 Å². The highest BCUT2D eigenvalue weighted by Crippen LogP contribution is 2.30. The van der Waals surface area contributed by atoms with E-state index in [0.717, 1.165) is 30.5 Å². The molecule has 128 valence electrons. The Labute approximate surface area is 133 Å². The summed E-state index contributed by atoms with van der Waals surface area (Å²) in [5, 5.41) is 12.0. The molecule has 0 spiro atoms. The van der Waals surface area contributed by atoms with Crippen molar-refractivity contribution in [1.82, 2.24) is 10.2 Å². The van der Waals surface area contributed by atoms with E-state index in [-0.39, 0.29) is 24.6 Å². The van der Waals surface area contributed by atoms with Crippen molar-refractivity contribution in [3.63, 3.8) is 0 Å². The predicted octanol–water partition coefficient (Wildman–Crippen LogP) is 2.98. The number of aliphatic hydroxyl groups excluding tert-OH is 1. The molecule has 2 amide bonds. The molecule has 1 aromatic rings. The first-order chi connectivity index (χ1) is 10.8. The Bertz CT molecular complexity index is 531. The highest BCUT2D eigenvalue weighted by Gasteiger charge is 2.30. The fourth-order valence-electron chi connectivity index (χ4n) is 2.75. The van der Waals surface area contributed by atoms with Gasteiger partial charge in [0.1, 0.15) is 0 Å². The molecule has 2 N–H and O–H groups in total. The van der Waals surface area contributed by atoms with E-state index in [2.05, 4.69) is 5.32 Å². The molecule has 7 heteroatoms. The summed E-state index contributed by atoms with van der Waals surface area (Å²) in [5.74, 6) is -0.101. The van der Waals surface area contributed by atoms with Crippen LogP contribution in [-0.2, 0) is 6.18 Å². The molecular weight excluding hydrogens is 309 g/mol. The van der Waals surface area contributed by atoms with E-state index in [1.54, 1.807) is 4.90 Å². The lowest BCUT2D eigenvalue weighted by atomic mass is 10.00. The van der Waals surface area contributed by atoms with Gasteiger partial charge in [0, 0.05) is 13.1 Å². The van der Waals surface area contributed by atoms with Crippen LogP contribution >= 0.6 is 0 Å². The number of likely N-dealkylation sites (tertiary alicyclic amines) is 1. The van der Waals surface area contributed by atoms with E-state index >= 15 is 0 Å². The molecule has 1 heterocycles. The zero-order valence-electron chi connectivity index (χ0n) is 12.9. The van der Waals surface area contributed by atoms with Gasteiger partial charge in [-0.1, -0.05) is 19.1 Å². The predicted molar refractivity (Wildman–Crippen MR) is 80.1 cm³/mol. The summed E-state index contributed by atoms with van der Waals surface area (Å²) in [5.41, 5.74) is 0.0544. The van der Waals surface area contributed by atoms with Crippen LogP contribution in [-0.4, -0.2) is 41.8 Å². The number of benzene rings is 1. The molecule has 0 aliphatic carbocycles. The fourth-order valence-corrected chi connectivity index (χ4v) is 2.75.